The van der Waals surface area contributed by atoms with Gasteiger partial charge in [0.15, 0.2) is 0 Å². The third-order valence-electron chi connectivity index (χ3n) is 3.05. The van der Waals surface area contributed by atoms with Crippen LogP contribution in [0.15, 0.2) is 0 Å². The Kier molecular flexibility index (Phi) is 6.27. The van der Waals surface area contributed by atoms with E-state index < -0.39 is 12.6 Å². The lowest BCUT2D eigenvalue weighted by molar-refractivity contribution is -0.136. The summed E-state index contributed by atoms with van der Waals surface area (Å²) in [6, 6.07) is 0.0831. The summed E-state index contributed by atoms with van der Waals surface area (Å²) in [4.78, 5) is 0. The first-order valence-electron chi connectivity index (χ1n) is 6.44. The van der Waals surface area contributed by atoms with Gasteiger partial charge in [0.05, 0.1) is 6.10 Å². The molecule has 0 radical (unpaired) electrons. The Bertz CT molecular complexity index is 202. The smallest absolute Gasteiger partial charge is 0.377 e. The Morgan fingerprint density at radius 1 is 1.41 bits per heavy atom. The van der Waals surface area contributed by atoms with Crippen molar-refractivity contribution in [1.29, 1.82) is 0 Å². The molecule has 1 aliphatic heterocycles. The Labute approximate surface area is 101 Å². The highest BCUT2D eigenvalue weighted by atomic mass is 19.4. The fraction of sp³-hybridized carbons (Fsp3) is 1.00. The highest BCUT2D eigenvalue weighted by Crippen LogP contribution is 2.25. The van der Waals surface area contributed by atoms with Crippen LogP contribution in [0.4, 0.5) is 13.2 Å². The van der Waals surface area contributed by atoms with Crippen LogP contribution >= 0.6 is 0 Å². The molecule has 1 rings (SSSR count). The van der Waals surface area contributed by atoms with Gasteiger partial charge in [-0.05, 0) is 38.6 Å². The summed E-state index contributed by atoms with van der Waals surface area (Å²) in [7, 11) is 0. The molecule has 1 heterocycles. The molecule has 5 heteroatoms. The van der Waals surface area contributed by atoms with E-state index in [1.807, 2.05) is 0 Å². The van der Waals surface area contributed by atoms with Crippen LogP contribution in [0.1, 0.15) is 45.4 Å². The van der Waals surface area contributed by atoms with Gasteiger partial charge >= 0.3 is 6.18 Å². The molecule has 17 heavy (non-hydrogen) atoms. The Morgan fingerprint density at radius 2 is 2.18 bits per heavy atom. The van der Waals surface area contributed by atoms with Gasteiger partial charge in [-0.15, -0.1) is 0 Å². The summed E-state index contributed by atoms with van der Waals surface area (Å²) in [5, 5.41) is 3.31. The maximum Gasteiger partial charge on any atom is 0.389 e. The minimum absolute atomic E-state index is 0.0831. The molecule has 2 atom stereocenters. The Hall–Kier alpha value is -0.290. The maximum atomic E-state index is 12.1. The number of hydrogen-bond donors (Lipinski definition) is 1. The van der Waals surface area contributed by atoms with Crippen LogP contribution in [0.3, 0.4) is 0 Å². The van der Waals surface area contributed by atoms with Crippen molar-refractivity contribution in [3.05, 3.63) is 0 Å². The van der Waals surface area contributed by atoms with E-state index in [2.05, 4.69) is 12.2 Å². The lowest BCUT2D eigenvalue weighted by Crippen LogP contribution is -2.40. The Balaban J connectivity index is 2.29. The molecule has 0 amide bonds. The summed E-state index contributed by atoms with van der Waals surface area (Å²) in [5.74, 6) is 0. The first-order chi connectivity index (χ1) is 8.03. The van der Waals surface area contributed by atoms with E-state index in [1.54, 1.807) is 0 Å². The summed E-state index contributed by atoms with van der Waals surface area (Å²) < 4.78 is 41.8. The van der Waals surface area contributed by atoms with Gasteiger partial charge in [0.1, 0.15) is 0 Å². The van der Waals surface area contributed by atoms with Gasteiger partial charge in [0, 0.05) is 19.1 Å². The molecule has 1 fully saturated rings. The largest absolute Gasteiger partial charge is 0.389 e. The van der Waals surface area contributed by atoms with Gasteiger partial charge in [-0.25, -0.2) is 0 Å². The van der Waals surface area contributed by atoms with Crippen molar-refractivity contribution >= 4 is 0 Å². The average molecular weight is 253 g/mol. The van der Waals surface area contributed by atoms with E-state index in [0.717, 1.165) is 32.4 Å². The summed E-state index contributed by atoms with van der Waals surface area (Å²) in [6.07, 6.45) is -0.913. The molecule has 1 N–H and O–H groups in total. The molecule has 1 saturated heterocycles. The van der Waals surface area contributed by atoms with Gasteiger partial charge in [0.2, 0.25) is 0 Å². The van der Waals surface area contributed by atoms with E-state index >= 15 is 0 Å². The molecule has 0 bridgehead atoms. The van der Waals surface area contributed by atoms with E-state index in [9.17, 15) is 13.2 Å². The van der Waals surface area contributed by atoms with Crippen molar-refractivity contribution in [3.8, 4) is 0 Å². The van der Waals surface area contributed by atoms with Crippen LogP contribution in [0.25, 0.3) is 0 Å². The van der Waals surface area contributed by atoms with E-state index in [0.29, 0.717) is 6.42 Å². The number of rotatable bonds is 7. The van der Waals surface area contributed by atoms with E-state index in [1.165, 1.54) is 0 Å². The second kappa shape index (κ2) is 7.21. The number of halogens is 3. The lowest BCUT2D eigenvalue weighted by Gasteiger charge is -2.24. The second-order valence-corrected chi connectivity index (χ2v) is 4.62. The fourth-order valence-electron chi connectivity index (χ4n) is 2.19. The molecule has 0 spiro atoms. The van der Waals surface area contributed by atoms with Gasteiger partial charge in [-0.3, -0.25) is 0 Å². The molecule has 102 valence electrons. The van der Waals surface area contributed by atoms with Crippen molar-refractivity contribution in [3.63, 3.8) is 0 Å². The normalized spacial score (nSPS) is 22.9. The molecule has 0 aromatic rings. The third-order valence-corrected chi connectivity index (χ3v) is 3.05. The van der Waals surface area contributed by atoms with Crippen molar-refractivity contribution in [1.82, 2.24) is 5.32 Å². The number of hydrogen-bond acceptors (Lipinski definition) is 2. The van der Waals surface area contributed by atoms with E-state index in [-0.39, 0.29) is 18.6 Å². The zero-order chi connectivity index (χ0) is 12.7. The molecular weight excluding hydrogens is 231 g/mol. The van der Waals surface area contributed by atoms with Gasteiger partial charge in [-0.1, -0.05) is 6.92 Å². The molecule has 0 aliphatic carbocycles. The SMILES string of the molecule is CCCNC(CCCC(F)(F)F)C1CCCO1. The Morgan fingerprint density at radius 3 is 2.71 bits per heavy atom. The molecule has 0 aromatic carbocycles. The number of nitrogens with one attached hydrogen (secondary N) is 1. The highest BCUT2D eigenvalue weighted by Gasteiger charge is 2.29. The zero-order valence-electron chi connectivity index (χ0n) is 10.4. The molecule has 0 saturated carbocycles. The predicted octanol–water partition coefficient (Wildman–Crippen LogP) is 3.27. The van der Waals surface area contributed by atoms with Crippen molar-refractivity contribution in [2.24, 2.45) is 0 Å². The van der Waals surface area contributed by atoms with Crippen molar-refractivity contribution in [2.75, 3.05) is 13.2 Å². The minimum Gasteiger partial charge on any atom is -0.377 e. The molecule has 0 aromatic heterocycles. The minimum atomic E-state index is -4.04. The predicted molar refractivity (Wildman–Crippen MR) is 61.0 cm³/mol. The summed E-state index contributed by atoms with van der Waals surface area (Å²) in [5.41, 5.74) is 0. The molecule has 2 unspecified atom stereocenters. The lowest BCUT2D eigenvalue weighted by atomic mass is 10.0. The van der Waals surface area contributed by atoms with E-state index in [4.69, 9.17) is 4.74 Å². The number of ether oxygens (including phenoxy) is 1. The second-order valence-electron chi connectivity index (χ2n) is 4.62. The first-order valence-corrected chi connectivity index (χ1v) is 6.44. The van der Waals surface area contributed by atoms with Gasteiger partial charge in [-0.2, -0.15) is 13.2 Å². The summed E-state index contributed by atoms with van der Waals surface area (Å²) in [6.45, 7) is 3.64. The first kappa shape index (κ1) is 14.8. The monoisotopic (exact) mass is 253 g/mol. The van der Waals surface area contributed by atoms with Crippen LogP contribution in [-0.4, -0.2) is 31.5 Å². The highest BCUT2D eigenvalue weighted by molar-refractivity contribution is 4.80. The van der Waals surface area contributed by atoms with Crippen LogP contribution in [0.5, 0.6) is 0 Å². The quantitative estimate of drug-likeness (QED) is 0.752. The zero-order valence-corrected chi connectivity index (χ0v) is 10.4. The van der Waals surface area contributed by atoms with Crippen molar-refractivity contribution in [2.45, 2.75) is 63.8 Å². The topological polar surface area (TPSA) is 21.3 Å². The maximum absolute atomic E-state index is 12.1. The molecule has 1 aliphatic rings. The van der Waals surface area contributed by atoms with Crippen LogP contribution < -0.4 is 5.32 Å². The fourth-order valence-corrected chi connectivity index (χ4v) is 2.19. The molecule has 2 nitrogen and oxygen atoms in total. The average Bonchev–Trinajstić information content (AvgIpc) is 2.74. The standard InChI is InChI=1S/C12H22F3NO/c1-2-8-16-10(11-6-4-9-17-11)5-3-7-12(13,14)15/h10-11,16H,2-9H2,1H3. The van der Waals surface area contributed by atoms with Crippen LogP contribution in [-0.2, 0) is 4.74 Å². The van der Waals surface area contributed by atoms with Gasteiger partial charge in [0.25, 0.3) is 0 Å². The van der Waals surface area contributed by atoms with Crippen LogP contribution in [0.2, 0.25) is 0 Å². The third kappa shape index (κ3) is 6.27. The van der Waals surface area contributed by atoms with Crippen LogP contribution in [0, 0.1) is 0 Å². The van der Waals surface area contributed by atoms with Crippen molar-refractivity contribution < 1.29 is 17.9 Å². The van der Waals surface area contributed by atoms with Gasteiger partial charge < -0.3 is 10.1 Å². The summed E-state index contributed by atoms with van der Waals surface area (Å²) >= 11 is 0. The molecular formula is C12H22F3NO. The number of alkyl halides is 3.